The quantitative estimate of drug-likeness (QED) is 0.736. The highest BCUT2D eigenvalue weighted by molar-refractivity contribution is 6.13. The molecule has 0 aliphatic rings. The minimum Gasteiger partial charge on any atom is -0.494 e. The molecule has 0 saturated heterocycles. The minimum absolute atomic E-state index is 0.236. The van der Waals surface area contributed by atoms with Crippen molar-refractivity contribution in [1.82, 2.24) is 4.84 Å². The minimum atomic E-state index is -0.367. The van der Waals surface area contributed by atoms with Gasteiger partial charge in [0.25, 0.3) is 0 Å². The van der Waals surface area contributed by atoms with Gasteiger partial charge in [-0.25, -0.2) is 9.23 Å². The van der Waals surface area contributed by atoms with E-state index in [2.05, 4.69) is 4.84 Å². The van der Waals surface area contributed by atoms with Crippen molar-refractivity contribution in [3.8, 4) is 5.75 Å². The lowest BCUT2D eigenvalue weighted by atomic mass is 10.2. The molecule has 1 aromatic carbocycles. The van der Waals surface area contributed by atoms with Gasteiger partial charge in [-0.1, -0.05) is 12.1 Å². The van der Waals surface area contributed by atoms with Crippen molar-refractivity contribution >= 4 is 11.8 Å². The van der Waals surface area contributed by atoms with E-state index in [0.29, 0.717) is 5.56 Å². The first kappa shape index (κ1) is 9.29. The van der Waals surface area contributed by atoms with E-state index in [1.807, 2.05) is 0 Å². The van der Waals surface area contributed by atoms with Crippen LogP contribution in [-0.2, 0) is 6.54 Å². The summed E-state index contributed by atoms with van der Waals surface area (Å²) in [5.74, 6) is -0.132. The second-order valence-corrected chi connectivity index (χ2v) is 2.51. The summed E-state index contributed by atoms with van der Waals surface area (Å²) in [6.45, 7) is 0.282. The average Bonchev–Trinajstić information content (AvgIpc) is 2.09. The van der Waals surface area contributed by atoms with Gasteiger partial charge in [0.1, 0.15) is 0 Å². The van der Waals surface area contributed by atoms with Crippen LogP contribution in [0.25, 0.3) is 0 Å². The zero-order valence-electron chi connectivity index (χ0n) is 6.60. The van der Waals surface area contributed by atoms with Crippen LogP contribution in [0, 0.1) is 5.82 Å². The lowest BCUT2D eigenvalue weighted by Gasteiger charge is -2.05. The summed E-state index contributed by atoms with van der Waals surface area (Å²) in [5.41, 5.74) is 0.490. The van der Waals surface area contributed by atoms with Crippen molar-refractivity contribution in [2.24, 2.45) is 0 Å². The van der Waals surface area contributed by atoms with Crippen molar-refractivity contribution in [1.29, 1.82) is 0 Å². The Morgan fingerprint density at radius 3 is 2.92 bits per heavy atom. The fourth-order valence-electron chi connectivity index (χ4n) is 0.922. The van der Waals surface area contributed by atoms with Gasteiger partial charge in [-0.15, -0.1) is 0 Å². The largest absolute Gasteiger partial charge is 0.494 e. The van der Waals surface area contributed by atoms with E-state index in [1.54, 1.807) is 18.2 Å². The van der Waals surface area contributed by atoms with Gasteiger partial charge in [-0.05, 0) is 17.8 Å². The fraction of sp³-hybridized carbons (Fsp3) is 0.250. The molecule has 1 N–H and O–H groups in total. The summed E-state index contributed by atoms with van der Waals surface area (Å²) in [6, 6.07) is 4.92. The number of ether oxygens (including phenoxy) is 1. The van der Waals surface area contributed by atoms with Gasteiger partial charge in [-0.2, -0.15) is 0 Å². The molecule has 0 radical (unpaired) electrons. The Morgan fingerprint density at radius 2 is 2.33 bits per heavy atom. The van der Waals surface area contributed by atoms with Crippen LogP contribution in [0.3, 0.4) is 0 Å². The van der Waals surface area contributed by atoms with E-state index in [9.17, 15) is 4.39 Å². The third kappa shape index (κ3) is 1.87. The van der Waals surface area contributed by atoms with Crippen molar-refractivity contribution in [3.63, 3.8) is 0 Å². The van der Waals surface area contributed by atoms with Crippen molar-refractivity contribution in [2.45, 2.75) is 6.54 Å². The van der Waals surface area contributed by atoms with Crippen LogP contribution in [0.1, 0.15) is 5.56 Å². The number of hydrogen-bond acceptors (Lipinski definition) is 2. The molecule has 0 aromatic heterocycles. The van der Waals surface area contributed by atoms with Gasteiger partial charge in [-0.3, -0.25) is 0 Å². The molecule has 0 fully saturated rings. The van der Waals surface area contributed by atoms with Crippen LogP contribution >= 0.6 is 11.8 Å². The predicted molar refractivity (Wildman–Crippen MR) is 45.6 cm³/mol. The molecule has 0 unspecified atom stereocenters. The molecule has 0 amide bonds. The van der Waals surface area contributed by atoms with Gasteiger partial charge in [0, 0.05) is 12.1 Å². The highest BCUT2D eigenvalue weighted by Crippen LogP contribution is 2.19. The van der Waals surface area contributed by atoms with Gasteiger partial charge in [0.15, 0.2) is 11.6 Å². The van der Waals surface area contributed by atoms with Gasteiger partial charge in [0.2, 0.25) is 0 Å². The third-order valence-corrected chi connectivity index (χ3v) is 1.65. The lowest BCUT2D eigenvalue weighted by Crippen LogP contribution is -2.02. The number of benzene rings is 1. The summed E-state index contributed by atoms with van der Waals surface area (Å²) in [4.78, 5) is 2.35. The molecule has 1 aromatic rings. The van der Waals surface area contributed by atoms with Gasteiger partial charge >= 0.3 is 0 Å². The summed E-state index contributed by atoms with van der Waals surface area (Å²) < 4.78 is 18.0. The number of halogens is 2. The predicted octanol–water partition coefficient (Wildman–Crippen LogP) is 2.08. The number of hydrogen-bond donors (Lipinski definition) is 1. The zero-order chi connectivity index (χ0) is 8.97. The van der Waals surface area contributed by atoms with Crippen LogP contribution in [0.2, 0.25) is 0 Å². The Labute approximate surface area is 75.4 Å². The van der Waals surface area contributed by atoms with Crippen LogP contribution in [0.4, 0.5) is 4.39 Å². The van der Waals surface area contributed by atoms with Crippen molar-refractivity contribution in [3.05, 3.63) is 29.6 Å². The maximum atomic E-state index is 13.2. The molecule has 0 bridgehead atoms. The van der Waals surface area contributed by atoms with Crippen LogP contribution in [-0.4, -0.2) is 7.11 Å². The first-order valence-electron chi connectivity index (χ1n) is 3.44. The SMILES string of the molecule is COc1cccc(CNCl)c1F. The second-order valence-electron chi connectivity index (χ2n) is 2.24. The third-order valence-electron chi connectivity index (χ3n) is 1.52. The molecule has 0 spiro atoms. The Bertz CT molecular complexity index is 267. The first-order valence-corrected chi connectivity index (χ1v) is 3.82. The molecular formula is C8H9ClFNO. The Balaban J connectivity index is 2.97. The monoisotopic (exact) mass is 189 g/mol. The van der Waals surface area contributed by atoms with Crippen molar-refractivity contribution < 1.29 is 9.13 Å². The number of methoxy groups -OCH3 is 1. The molecule has 0 heterocycles. The van der Waals surface area contributed by atoms with E-state index in [4.69, 9.17) is 16.5 Å². The topological polar surface area (TPSA) is 21.3 Å². The van der Waals surface area contributed by atoms with E-state index in [1.165, 1.54) is 7.11 Å². The lowest BCUT2D eigenvalue weighted by molar-refractivity contribution is 0.384. The Hall–Kier alpha value is -0.800. The molecule has 4 heteroatoms. The van der Waals surface area contributed by atoms with E-state index < -0.39 is 0 Å². The summed E-state index contributed by atoms with van der Waals surface area (Å²) in [7, 11) is 1.43. The fourth-order valence-corrected chi connectivity index (χ4v) is 1.07. The molecule has 0 aliphatic carbocycles. The number of nitrogens with one attached hydrogen (secondary N) is 1. The second kappa shape index (κ2) is 4.28. The average molecular weight is 190 g/mol. The highest BCUT2D eigenvalue weighted by Gasteiger charge is 2.06. The molecule has 0 atom stereocenters. The molecule has 12 heavy (non-hydrogen) atoms. The van der Waals surface area contributed by atoms with Crippen LogP contribution in [0.15, 0.2) is 18.2 Å². The van der Waals surface area contributed by atoms with Gasteiger partial charge < -0.3 is 4.74 Å². The summed E-state index contributed by atoms with van der Waals surface area (Å²) in [6.07, 6.45) is 0. The summed E-state index contributed by atoms with van der Waals surface area (Å²) in [5, 5.41) is 0. The molecule has 1 rings (SSSR count). The van der Waals surface area contributed by atoms with E-state index in [-0.39, 0.29) is 18.1 Å². The standard InChI is InChI=1S/C8H9ClFNO/c1-12-7-4-2-3-6(5-11-9)8(7)10/h2-4,11H,5H2,1H3. The molecule has 2 nitrogen and oxygen atoms in total. The maximum absolute atomic E-state index is 13.2. The van der Waals surface area contributed by atoms with Crippen LogP contribution in [0.5, 0.6) is 5.75 Å². The first-order chi connectivity index (χ1) is 5.79. The molecule has 66 valence electrons. The summed E-state index contributed by atoms with van der Waals surface area (Å²) >= 11 is 5.25. The van der Waals surface area contributed by atoms with Crippen molar-refractivity contribution in [2.75, 3.05) is 7.11 Å². The van der Waals surface area contributed by atoms with E-state index in [0.717, 1.165) is 0 Å². The molecule has 0 saturated carbocycles. The Kier molecular flexibility index (Phi) is 3.31. The Morgan fingerprint density at radius 1 is 1.58 bits per heavy atom. The highest BCUT2D eigenvalue weighted by atomic mass is 35.5. The van der Waals surface area contributed by atoms with Crippen LogP contribution < -0.4 is 9.57 Å². The van der Waals surface area contributed by atoms with Gasteiger partial charge in [0.05, 0.1) is 7.11 Å². The molecule has 0 aliphatic heterocycles. The zero-order valence-corrected chi connectivity index (χ0v) is 7.36. The van der Waals surface area contributed by atoms with E-state index >= 15 is 0 Å². The smallest absolute Gasteiger partial charge is 0.169 e. The number of rotatable bonds is 3. The molecular weight excluding hydrogens is 181 g/mol. The maximum Gasteiger partial charge on any atom is 0.169 e. The normalized spacial score (nSPS) is 9.92.